The van der Waals surface area contributed by atoms with Crippen LogP contribution in [0.3, 0.4) is 0 Å². The molecule has 4 aliphatic carbocycles. The zero-order valence-electron chi connectivity index (χ0n) is 13.9. The van der Waals surface area contributed by atoms with E-state index in [0.717, 1.165) is 24.0 Å². The average Bonchev–Trinajstić information content (AvgIpc) is 2.73. The van der Waals surface area contributed by atoms with Crippen LogP contribution in [-0.2, 0) is 0 Å². The molecule has 4 heteroatoms. The summed E-state index contributed by atoms with van der Waals surface area (Å²) >= 11 is 0. The first-order valence-electron chi connectivity index (χ1n) is 8.92. The smallest absolute Gasteiger partial charge is 0.0892 e. The van der Waals surface area contributed by atoms with Crippen molar-refractivity contribution in [3.63, 3.8) is 0 Å². The Labute approximate surface area is 137 Å². The van der Waals surface area contributed by atoms with Crippen LogP contribution in [0.2, 0.25) is 0 Å². The van der Waals surface area contributed by atoms with Gasteiger partial charge in [0.25, 0.3) is 0 Å². The van der Waals surface area contributed by atoms with E-state index in [2.05, 4.69) is 13.0 Å². The number of aliphatic hydroxyl groups is 4. The average molecular weight is 320 g/mol. The van der Waals surface area contributed by atoms with E-state index in [1.165, 1.54) is 0 Å². The number of aliphatic hydroxyl groups excluding tert-OH is 4. The van der Waals surface area contributed by atoms with E-state index >= 15 is 0 Å². The van der Waals surface area contributed by atoms with E-state index in [1.807, 2.05) is 13.0 Å². The summed E-state index contributed by atoms with van der Waals surface area (Å²) in [6.07, 6.45) is 5.33. The Morgan fingerprint density at radius 2 is 1.83 bits per heavy atom. The van der Waals surface area contributed by atoms with Crippen molar-refractivity contribution in [1.82, 2.24) is 0 Å². The van der Waals surface area contributed by atoms with Gasteiger partial charge >= 0.3 is 0 Å². The second-order valence-corrected chi connectivity index (χ2v) is 8.64. The molecule has 4 N–H and O–H groups in total. The summed E-state index contributed by atoms with van der Waals surface area (Å²) in [5, 5.41) is 41.4. The minimum absolute atomic E-state index is 0.0411. The molecule has 4 nitrogen and oxygen atoms in total. The highest BCUT2D eigenvalue weighted by molar-refractivity contribution is 5.40. The summed E-state index contributed by atoms with van der Waals surface area (Å²) in [6.45, 7) is 4.29. The highest BCUT2D eigenvalue weighted by Gasteiger charge is 2.58. The lowest BCUT2D eigenvalue weighted by molar-refractivity contribution is -0.0321. The first-order valence-corrected chi connectivity index (χ1v) is 8.92. The largest absolute Gasteiger partial charge is 0.390 e. The lowest BCUT2D eigenvalue weighted by Gasteiger charge is -2.55. The van der Waals surface area contributed by atoms with Gasteiger partial charge in [-0.3, -0.25) is 0 Å². The first-order chi connectivity index (χ1) is 10.8. The van der Waals surface area contributed by atoms with Crippen molar-refractivity contribution in [2.24, 2.45) is 22.7 Å². The lowest BCUT2D eigenvalue weighted by atomic mass is 9.50. The Morgan fingerprint density at radius 1 is 1.09 bits per heavy atom. The maximum absolute atomic E-state index is 10.9. The van der Waals surface area contributed by atoms with E-state index in [0.29, 0.717) is 19.3 Å². The highest BCUT2D eigenvalue weighted by atomic mass is 16.3. The van der Waals surface area contributed by atoms with Gasteiger partial charge in [0.15, 0.2) is 0 Å². The third-order valence-corrected chi connectivity index (χ3v) is 7.50. The van der Waals surface area contributed by atoms with Crippen LogP contribution in [-0.4, -0.2) is 44.8 Å². The first kappa shape index (κ1) is 15.8. The van der Waals surface area contributed by atoms with Gasteiger partial charge in [-0.2, -0.15) is 0 Å². The number of hydrogen-bond acceptors (Lipinski definition) is 4. The molecule has 0 heterocycles. The fraction of sp³-hybridized carbons (Fsp3) is 0.789. The molecule has 0 amide bonds. The van der Waals surface area contributed by atoms with Crippen molar-refractivity contribution in [1.29, 1.82) is 0 Å². The molecule has 4 aliphatic rings. The number of fused-ring (bicyclic) bond motifs is 4. The predicted molar refractivity (Wildman–Crippen MR) is 86.5 cm³/mol. The monoisotopic (exact) mass is 320 g/mol. The lowest BCUT2D eigenvalue weighted by Crippen LogP contribution is -2.50. The van der Waals surface area contributed by atoms with Crippen LogP contribution in [0.4, 0.5) is 0 Å². The maximum atomic E-state index is 10.9. The maximum Gasteiger partial charge on any atom is 0.0892 e. The molecular formula is C19H28O4. The van der Waals surface area contributed by atoms with Gasteiger partial charge in [-0.05, 0) is 54.9 Å². The Hall–Kier alpha value is -0.680. The molecule has 0 aromatic heterocycles. The van der Waals surface area contributed by atoms with E-state index in [4.69, 9.17) is 0 Å². The van der Waals surface area contributed by atoms with Gasteiger partial charge in [-0.25, -0.2) is 0 Å². The van der Waals surface area contributed by atoms with Crippen molar-refractivity contribution in [2.75, 3.05) is 0 Å². The quantitative estimate of drug-likeness (QED) is 0.510. The minimum Gasteiger partial charge on any atom is -0.390 e. The molecule has 1 unspecified atom stereocenters. The minimum atomic E-state index is -0.729. The molecule has 2 fully saturated rings. The van der Waals surface area contributed by atoms with Gasteiger partial charge < -0.3 is 20.4 Å². The molecule has 0 saturated heterocycles. The third kappa shape index (κ3) is 1.98. The van der Waals surface area contributed by atoms with Crippen molar-refractivity contribution < 1.29 is 20.4 Å². The molecule has 0 aromatic carbocycles. The summed E-state index contributed by atoms with van der Waals surface area (Å²) in [5.41, 5.74) is 1.74. The van der Waals surface area contributed by atoms with Crippen LogP contribution >= 0.6 is 0 Å². The molecule has 23 heavy (non-hydrogen) atoms. The van der Waals surface area contributed by atoms with Crippen molar-refractivity contribution in [3.8, 4) is 0 Å². The van der Waals surface area contributed by atoms with Crippen molar-refractivity contribution >= 4 is 0 Å². The van der Waals surface area contributed by atoms with Crippen molar-refractivity contribution in [2.45, 2.75) is 70.4 Å². The fourth-order valence-corrected chi connectivity index (χ4v) is 6.02. The fourth-order valence-electron chi connectivity index (χ4n) is 6.02. The Balaban J connectivity index is 1.83. The molecule has 4 rings (SSSR count). The second kappa shape index (κ2) is 4.92. The molecule has 128 valence electrons. The number of hydrogen-bond donors (Lipinski definition) is 4. The second-order valence-electron chi connectivity index (χ2n) is 8.64. The molecule has 0 bridgehead atoms. The Bertz CT molecular complexity index is 582. The van der Waals surface area contributed by atoms with E-state index in [-0.39, 0.29) is 17.3 Å². The topological polar surface area (TPSA) is 80.9 Å². The molecule has 0 aliphatic heterocycles. The molecular weight excluding hydrogens is 292 g/mol. The van der Waals surface area contributed by atoms with Gasteiger partial charge in [-0.1, -0.05) is 31.6 Å². The van der Waals surface area contributed by atoms with Crippen LogP contribution in [0.15, 0.2) is 23.3 Å². The number of allylic oxidation sites excluding steroid dienone is 1. The summed E-state index contributed by atoms with van der Waals surface area (Å²) in [5.74, 6) is 0.535. The standard InChI is InChI=1S/C19H28O4/c1-18-5-3-11(20)7-10(18)8-14(21)16-12(18)4-6-19(2)13(16)9-15(22)17(19)23/h3,5,10-12,14-15,17,20-23H,4,6-9H2,1-2H3/t10-,11+,12?,14+,15-,17+,18+,19+/m1/s1. The van der Waals surface area contributed by atoms with Crippen LogP contribution in [0, 0.1) is 22.7 Å². The SMILES string of the molecule is C[C@]12CCC3C(=C1C[C@@H](O)[C@@H]2O)[C@@H](O)C[C@H]1C[C@@H](O)C=C[C@]31C. The number of rotatable bonds is 0. The highest BCUT2D eigenvalue weighted by Crippen LogP contribution is 2.62. The van der Waals surface area contributed by atoms with E-state index < -0.39 is 29.8 Å². The Kier molecular flexibility index (Phi) is 3.38. The molecule has 0 radical (unpaired) electrons. The van der Waals surface area contributed by atoms with E-state index in [1.54, 1.807) is 0 Å². The van der Waals surface area contributed by atoms with Gasteiger partial charge in [0.05, 0.1) is 24.4 Å². The zero-order chi connectivity index (χ0) is 16.6. The van der Waals surface area contributed by atoms with Crippen LogP contribution in [0.5, 0.6) is 0 Å². The van der Waals surface area contributed by atoms with Crippen LogP contribution in [0.1, 0.15) is 46.0 Å². The van der Waals surface area contributed by atoms with Gasteiger partial charge in [0.1, 0.15) is 0 Å². The van der Waals surface area contributed by atoms with Crippen LogP contribution < -0.4 is 0 Å². The summed E-state index contributed by atoms with van der Waals surface area (Å²) in [6, 6.07) is 0. The zero-order valence-corrected chi connectivity index (χ0v) is 13.9. The van der Waals surface area contributed by atoms with Gasteiger partial charge in [-0.15, -0.1) is 0 Å². The van der Waals surface area contributed by atoms with E-state index in [9.17, 15) is 20.4 Å². The summed E-state index contributed by atoms with van der Waals surface area (Å²) < 4.78 is 0. The van der Waals surface area contributed by atoms with Gasteiger partial charge in [0.2, 0.25) is 0 Å². The van der Waals surface area contributed by atoms with Gasteiger partial charge in [0, 0.05) is 5.41 Å². The summed E-state index contributed by atoms with van der Waals surface area (Å²) in [7, 11) is 0. The molecule has 2 saturated carbocycles. The normalized spacial score (nSPS) is 55.4. The molecule has 8 atom stereocenters. The third-order valence-electron chi connectivity index (χ3n) is 7.50. The summed E-state index contributed by atoms with van der Waals surface area (Å²) in [4.78, 5) is 0. The Morgan fingerprint density at radius 3 is 2.57 bits per heavy atom. The van der Waals surface area contributed by atoms with Crippen molar-refractivity contribution in [3.05, 3.63) is 23.3 Å². The molecule has 0 aromatic rings. The predicted octanol–water partition coefficient (Wildman–Crippen LogP) is 1.53. The molecule has 0 spiro atoms. The van der Waals surface area contributed by atoms with Crippen LogP contribution in [0.25, 0.3) is 0 Å².